The fraction of sp³-hybridized carbons (Fsp3) is 0.217. The van der Waals surface area contributed by atoms with Crippen LogP contribution in [0.25, 0.3) is 10.8 Å². The van der Waals surface area contributed by atoms with E-state index in [1.54, 1.807) is 11.0 Å². The number of benzene rings is 3. The number of amides is 1. The molecule has 0 radical (unpaired) electrons. The first-order valence-corrected chi connectivity index (χ1v) is 10.5. The first-order valence-electron chi connectivity index (χ1n) is 9.52. The number of thioether (sulfide) groups is 1. The summed E-state index contributed by atoms with van der Waals surface area (Å²) < 4.78 is 38.7. The van der Waals surface area contributed by atoms with Crippen molar-refractivity contribution in [3.8, 4) is 0 Å². The van der Waals surface area contributed by atoms with E-state index < -0.39 is 11.7 Å². The number of fused-ring (bicyclic) bond motifs is 1. The summed E-state index contributed by atoms with van der Waals surface area (Å²) in [6.45, 7) is 1.00. The van der Waals surface area contributed by atoms with Gasteiger partial charge in [0, 0.05) is 12.3 Å². The molecule has 1 amide bonds. The average Bonchev–Trinajstić information content (AvgIpc) is 3.21. The van der Waals surface area contributed by atoms with Crippen LogP contribution in [0.3, 0.4) is 0 Å². The Morgan fingerprint density at radius 1 is 1.03 bits per heavy atom. The fourth-order valence-corrected chi connectivity index (χ4v) is 4.48. The zero-order valence-electron chi connectivity index (χ0n) is 16.0. The number of hydrogen-bond acceptors (Lipinski definition) is 3. The maximum absolute atomic E-state index is 12.9. The lowest BCUT2D eigenvalue weighted by molar-refractivity contribution is -0.137. The lowest BCUT2D eigenvalue weighted by Gasteiger charge is -2.18. The van der Waals surface area contributed by atoms with Crippen LogP contribution in [-0.4, -0.2) is 29.1 Å². The molecule has 30 heavy (non-hydrogen) atoms. The maximum atomic E-state index is 12.9. The van der Waals surface area contributed by atoms with E-state index in [-0.39, 0.29) is 12.3 Å². The summed E-state index contributed by atoms with van der Waals surface area (Å²) in [6.07, 6.45) is -4.11. The lowest BCUT2D eigenvalue weighted by Crippen LogP contribution is -2.34. The quantitative estimate of drug-likeness (QED) is 0.547. The Labute approximate surface area is 176 Å². The Bertz CT molecular complexity index is 1110. The van der Waals surface area contributed by atoms with Crippen molar-refractivity contribution in [2.24, 2.45) is 4.99 Å². The van der Waals surface area contributed by atoms with Crippen molar-refractivity contribution < 1.29 is 18.0 Å². The summed E-state index contributed by atoms with van der Waals surface area (Å²) in [6, 6.07) is 19.1. The van der Waals surface area contributed by atoms with Crippen molar-refractivity contribution >= 4 is 33.6 Å². The average molecular weight is 428 g/mol. The maximum Gasteiger partial charge on any atom is 0.416 e. The molecular weight excluding hydrogens is 409 g/mol. The van der Waals surface area contributed by atoms with Crippen LogP contribution in [0.1, 0.15) is 16.7 Å². The molecule has 3 aromatic carbocycles. The van der Waals surface area contributed by atoms with E-state index >= 15 is 0 Å². The van der Waals surface area contributed by atoms with Gasteiger partial charge in [0.2, 0.25) is 5.91 Å². The molecule has 0 aliphatic carbocycles. The number of carbonyl (C=O) groups is 1. The summed E-state index contributed by atoms with van der Waals surface area (Å²) in [7, 11) is 0. The van der Waals surface area contributed by atoms with Gasteiger partial charge in [0.05, 0.1) is 18.5 Å². The van der Waals surface area contributed by atoms with E-state index in [9.17, 15) is 18.0 Å². The van der Waals surface area contributed by atoms with Crippen molar-refractivity contribution in [3.05, 3.63) is 83.4 Å². The molecule has 0 aromatic heterocycles. The van der Waals surface area contributed by atoms with Gasteiger partial charge in [0.25, 0.3) is 0 Å². The Morgan fingerprint density at radius 3 is 2.63 bits per heavy atom. The van der Waals surface area contributed by atoms with Gasteiger partial charge >= 0.3 is 6.18 Å². The highest BCUT2D eigenvalue weighted by atomic mass is 32.2. The van der Waals surface area contributed by atoms with Gasteiger partial charge in [-0.25, -0.2) is 0 Å². The van der Waals surface area contributed by atoms with Crippen LogP contribution in [0.5, 0.6) is 0 Å². The molecule has 3 aromatic rings. The third-order valence-electron chi connectivity index (χ3n) is 4.95. The highest BCUT2D eigenvalue weighted by Crippen LogP contribution is 2.31. The Kier molecular flexibility index (Phi) is 5.81. The summed E-state index contributed by atoms with van der Waals surface area (Å²) in [5.74, 6) is 0.264. The molecule has 0 bridgehead atoms. The van der Waals surface area contributed by atoms with E-state index in [4.69, 9.17) is 0 Å². The summed E-state index contributed by atoms with van der Waals surface area (Å²) in [4.78, 5) is 19.0. The minimum absolute atomic E-state index is 0.0563. The third kappa shape index (κ3) is 4.51. The molecule has 1 aliphatic rings. The molecule has 0 saturated carbocycles. The van der Waals surface area contributed by atoms with Crippen molar-refractivity contribution in [2.45, 2.75) is 18.3 Å². The van der Waals surface area contributed by atoms with Crippen molar-refractivity contribution in [1.29, 1.82) is 0 Å². The molecule has 0 atom stereocenters. The topological polar surface area (TPSA) is 32.7 Å². The third-order valence-corrected chi connectivity index (χ3v) is 6.03. The van der Waals surface area contributed by atoms with Crippen LogP contribution in [0.15, 0.2) is 71.7 Å². The first-order chi connectivity index (χ1) is 14.4. The Morgan fingerprint density at radius 2 is 1.80 bits per heavy atom. The van der Waals surface area contributed by atoms with Gasteiger partial charge in [-0.05, 0) is 28.0 Å². The summed E-state index contributed by atoms with van der Waals surface area (Å²) in [5, 5.41) is 2.69. The van der Waals surface area contributed by atoms with Crippen LogP contribution in [-0.2, 0) is 23.1 Å². The largest absolute Gasteiger partial charge is 0.416 e. The SMILES string of the molecule is O=C(Cc1cccc2ccccc12)N1CCN=C1SCc1cccc(C(F)(F)F)c1. The highest BCUT2D eigenvalue weighted by molar-refractivity contribution is 8.13. The standard InChI is InChI=1S/C23H19F3N2OS/c24-23(25,26)19-9-3-5-16(13-19)15-30-22-27-11-12-28(22)21(29)14-18-8-4-7-17-6-1-2-10-20(17)18/h1-10,13H,11-12,14-15H2. The number of carbonyl (C=O) groups excluding carboxylic acids is 1. The number of amidine groups is 1. The molecule has 1 heterocycles. The van der Waals surface area contributed by atoms with Crippen molar-refractivity contribution in [2.75, 3.05) is 13.1 Å². The zero-order chi connectivity index (χ0) is 21.1. The summed E-state index contributed by atoms with van der Waals surface area (Å²) in [5.41, 5.74) is 0.830. The molecule has 4 rings (SSSR count). The Balaban J connectivity index is 1.44. The molecule has 0 unspecified atom stereocenters. The van der Waals surface area contributed by atoms with Gasteiger partial charge in [-0.2, -0.15) is 13.2 Å². The molecule has 3 nitrogen and oxygen atoms in total. The molecule has 1 aliphatic heterocycles. The lowest BCUT2D eigenvalue weighted by atomic mass is 10.0. The van der Waals surface area contributed by atoms with Crippen LogP contribution in [0, 0.1) is 0 Å². The van der Waals surface area contributed by atoms with Gasteiger partial charge in [0.1, 0.15) is 0 Å². The van der Waals surface area contributed by atoms with Crippen molar-refractivity contribution in [1.82, 2.24) is 4.90 Å². The van der Waals surface area contributed by atoms with Gasteiger partial charge in [-0.3, -0.25) is 14.7 Å². The predicted molar refractivity (Wildman–Crippen MR) is 114 cm³/mol. The van der Waals surface area contributed by atoms with E-state index in [1.807, 2.05) is 42.5 Å². The van der Waals surface area contributed by atoms with E-state index in [0.29, 0.717) is 29.6 Å². The predicted octanol–water partition coefficient (Wildman–Crippen LogP) is 5.53. The second kappa shape index (κ2) is 8.52. The highest BCUT2D eigenvalue weighted by Gasteiger charge is 2.30. The number of aliphatic imine (C=N–C) groups is 1. The number of nitrogens with zero attached hydrogens (tertiary/aromatic N) is 2. The molecule has 0 saturated heterocycles. The second-order valence-electron chi connectivity index (χ2n) is 7.01. The summed E-state index contributed by atoms with van der Waals surface area (Å²) >= 11 is 1.29. The van der Waals surface area contributed by atoms with Gasteiger partial charge < -0.3 is 0 Å². The van der Waals surface area contributed by atoms with Crippen molar-refractivity contribution in [3.63, 3.8) is 0 Å². The van der Waals surface area contributed by atoms with E-state index in [1.165, 1.54) is 17.8 Å². The number of hydrogen-bond donors (Lipinski definition) is 0. The second-order valence-corrected chi connectivity index (χ2v) is 7.95. The van der Waals surface area contributed by atoms with Gasteiger partial charge in [0.15, 0.2) is 5.17 Å². The Hall–Kier alpha value is -2.80. The minimum Gasteiger partial charge on any atom is -0.289 e. The van der Waals surface area contributed by atoms with Crippen LogP contribution < -0.4 is 0 Å². The first kappa shape index (κ1) is 20.5. The molecule has 154 valence electrons. The van der Waals surface area contributed by atoms with Crippen LogP contribution in [0.2, 0.25) is 0 Å². The smallest absolute Gasteiger partial charge is 0.289 e. The minimum atomic E-state index is -4.37. The monoisotopic (exact) mass is 428 g/mol. The van der Waals surface area contributed by atoms with Gasteiger partial charge in [-0.15, -0.1) is 0 Å². The number of halogens is 3. The normalized spacial score (nSPS) is 14.2. The molecule has 0 fully saturated rings. The molecule has 0 spiro atoms. The van der Waals surface area contributed by atoms with Crippen LogP contribution in [0.4, 0.5) is 13.2 Å². The van der Waals surface area contributed by atoms with Gasteiger partial charge in [-0.1, -0.05) is 72.4 Å². The van der Waals surface area contributed by atoms with E-state index in [0.717, 1.165) is 28.5 Å². The number of alkyl halides is 3. The molecule has 0 N–H and O–H groups in total. The number of rotatable bonds is 4. The zero-order valence-corrected chi connectivity index (χ0v) is 16.8. The van der Waals surface area contributed by atoms with Crippen LogP contribution >= 0.6 is 11.8 Å². The molecule has 7 heteroatoms. The molecular formula is C23H19F3N2OS. The van der Waals surface area contributed by atoms with E-state index in [2.05, 4.69) is 4.99 Å². The fourth-order valence-electron chi connectivity index (χ4n) is 3.47.